The van der Waals surface area contributed by atoms with E-state index in [2.05, 4.69) is 12.6 Å². The number of rotatable bonds is 3. The number of hydrogen-bond acceptors (Lipinski definition) is 3. The van der Waals surface area contributed by atoms with Crippen LogP contribution in [0.1, 0.15) is 56.6 Å². The van der Waals surface area contributed by atoms with Gasteiger partial charge in [-0.3, -0.25) is 0 Å². The van der Waals surface area contributed by atoms with E-state index in [0.717, 1.165) is 0 Å². The lowest BCUT2D eigenvalue weighted by Crippen LogP contribution is -2.11. The van der Waals surface area contributed by atoms with Crippen LogP contribution in [0.2, 0.25) is 0 Å². The van der Waals surface area contributed by atoms with Crippen LogP contribution in [0.25, 0.3) is 0 Å². The van der Waals surface area contributed by atoms with E-state index in [0.29, 0.717) is 23.3 Å². The summed E-state index contributed by atoms with van der Waals surface area (Å²) in [7, 11) is 0. The highest BCUT2D eigenvalue weighted by molar-refractivity contribution is 7.79. The first-order valence-electron chi connectivity index (χ1n) is 8.76. The molecular weight excluding hydrogens is 316 g/mol. The van der Waals surface area contributed by atoms with Crippen molar-refractivity contribution >= 4 is 12.6 Å². The first-order valence-corrected chi connectivity index (χ1v) is 9.66. The summed E-state index contributed by atoms with van der Waals surface area (Å²) in [6.07, 6.45) is 6.81. The summed E-state index contributed by atoms with van der Waals surface area (Å²) in [6.45, 7) is 4.00. The van der Waals surface area contributed by atoms with Crippen LogP contribution in [0.3, 0.4) is 0 Å². The minimum absolute atomic E-state index is 0.310. The molecule has 2 nitrogen and oxygen atoms in total. The van der Waals surface area contributed by atoms with Crippen molar-refractivity contribution in [2.45, 2.75) is 45.4 Å². The number of phenols is 2. The maximum atomic E-state index is 9.48. The molecule has 0 amide bonds. The van der Waals surface area contributed by atoms with Crippen LogP contribution in [0.4, 0.5) is 0 Å². The van der Waals surface area contributed by atoms with Crippen LogP contribution in [0.5, 0.6) is 11.5 Å². The Labute approximate surface area is 152 Å². The van der Waals surface area contributed by atoms with Gasteiger partial charge in [-0.05, 0) is 60.4 Å². The SMILES string of the molecule is CC.CS.Oc1ccc(C(c2ccc(O)cc2)C2CCCC2)cc1. The Hall–Kier alpha value is -1.61. The topological polar surface area (TPSA) is 40.5 Å². The van der Waals surface area contributed by atoms with E-state index in [4.69, 9.17) is 0 Å². The predicted octanol–water partition coefficient (Wildman–Crippen LogP) is 5.99. The summed E-state index contributed by atoms with van der Waals surface area (Å²) in [4.78, 5) is 0. The van der Waals surface area contributed by atoms with Gasteiger partial charge in [0.2, 0.25) is 0 Å². The lowest BCUT2D eigenvalue weighted by atomic mass is 9.80. The van der Waals surface area contributed by atoms with E-state index in [-0.39, 0.29) is 0 Å². The molecule has 0 radical (unpaired) electrons. The van der Waals surface area contributed by atoms with Crippen LogP contribution < -0.4 is 0 Å². The summed E-state index contributed by atoms with van der Waals surface area (Å²) in [5.74, 6) is 1.64. The fourth-order valence-corrected chi connectivity index (χ4v) is 3.39. The van der Waals surface area contributed by atoms with Crippen LogP contribution in [-0.4, -0.2) is 16.5 Å². The Morgan fingerprint density at radius 2 is 1.08 bits per heavy atom. The van der Waals surface area contributed by atoms with Gasteiger partial charge >= 0.3 is 0 Å². The van der Waals surface area contributed by atoms with Crippen LogP contribution in [0.15, 0.2) is 48.5 Å². The van der Waals surface area contributed by atoms with Crippen LogP contribution in [-0.2, 0) is 0 Å². The van der Waals surface area contributed by atoms with E-state index in [1.807, 2.05) is 38.1 Å². The zero-order valence-electron chi connectivity index (χ0n) is 14.9. The molecule has 132 valence electrons. The average Bonchev–Trinajstić information content (AvgIpc) is 3.16. The fraction of sp³-hybridized carbons (Fsp3) is 0.429. The molecular formula is C21H30O2S. The molecule has 0 heterocycles. The molecule has 3 rings (SSSR count). The van der Waals surface area contributed by atoms with Gasteiger partial charge in [0, 0.05) is 5.92 Å². The molecule has 0 bridgehead atoms. The molecule has 1 aliphatic carbocycles. The normalized spacial score (nSPS) is 13.7. The van der Waals surface area contributed by atoms with E-state index in [1.165, 1.54) is 36.8 Å². The van der Waals surface area contributed by atoms with E-state index >= 15 is 0 Å². The van der Waals surface area contributed by atoms with Gasteiger partial charge in [-0.2, -0.15) is 12.6 Å². The lowest BCUT2D eigenvalue weighted by Gasteiger charge is -2.24. The third-order valence-electron chi connectivity index (χ3n) is 4.38. The minimum atomic E-state index is 0.310. The summed E-state index contributed by atoms with van der Waals surface area (Å²) >= 11 is 3.53. The molecule has 0 spiro atoms. The smallest absolute Gasteiger partial charge is 0.115 e. The largest absolute Gasteiger partial charge is 0.508 e. The summed E-state index contributed by atoms with van der Waals surface area (Å²) in [5, 5.41) is 19.0. The second-order valence-corrected chi connectivity index (χ2v) is 5.71. The number of hydrogen-bond donors (Lipinski definition) is 3. The first-order chi connectivity index (χ1) is 11.7. The molecule has 1 aliphatic rings. The summed E-state index contributed by atoms with van der Waals surface area (Å²) in [5.41, 5.74) is 2.50. The van der Waals surface area contributed by atoms with Crippen molar-refractivity contribution in [2.75, 3.05) is 6.26 Å². The maximum Gasteiger partial charge on any atom is 0.115 e. The lowest BCUT2D eigenvalue weighted by molar-refractivity contribution is 0.467. The highest BCUT2D eigenvalue weighted by atomic mass is 32.1. The molecule has 24 heavy (non-hydrogen) atoms. The Balaban J connectivity index is 0.000000671. The van der Waals surface area contributed by atoms with Gasteiger partial charge in [-0.1, -0.05) is 51.0 Å². The Morgan fingerprint density at radius 1 is 0.750 bits per heavy atom. The van der Waals surface area contributed by atoms with Crippen LogP contribution in [0, 0.1) is 5.92 Å². The third-order valence-corrected chi connectivity index (χ3v) is 4.38. The molecule has 1 saturated carbocycles. The van der Waals surface area contributed by atoms with Crippen molar-refractivity contribution in [2.24, 2.45) is 5.92 Å². The Bertz CT molecular complexity index is 512. The highest BCUT2D eigenvalue weighted by Gasteiger charge is 2.27. The van der Waals surface area contributed by atoms with Crippen LogP contribution >= 0.6 is 12.6 Å². The van der Waals surface area contributed by atoms with Crippen molar-refractivity contribution in [1.82, 2.24) is 0 Å². The minimum Gasteiger partial charge on any atom is -0.508 e. The number of thiol groups is 1. The molecule has 3 heteroatoms. The van der Waals surface area contributed by atoms with E-state index in [1.54, 1.807) is 30.5 Å². The number of benzene rings is 2. The summed E-state index contributed by atoms with van der Waals surface area (Å²) < 4.78 is 0. The van der Waals surface area contributed by atoms with E-state index < -0.39 is 0 Å². The molecule has 0 unspecified atom stereocenters. The second kappa shape index (κ2) is 11.0. The van der Waals surface area contributed by atoms with Gasteiger partial charge in [0.05, 0.1) is 0 Å². The Morgan fingerprint density at radius 3 is 1.42 bits per heavy atom. The molecule has 0 atom stereocenters. The summed E-state index contributed by atoms with van der Waals surface area (Å²) in [6, 6.07) is 15.1. The molecule has 0 saturated heterocycles. The number of aromatic hydroxyl groups is 2. The van der Waals surface area contributed by atoms with Crippen molar-refractivity contribution in [1.29, 1.82) is 0 Å². The monoisotopic (exact) mass is 346 g/mol. The molecule has 0 aromatic heterocycles. The highest BCUT2D eigenvalue weighted by Crippen LogP contribution is 2.42. The molecule has 2 aromatic carbocycles. The standard InChI is InChI=1S/C18H20O2.C2H6.CH4S/c19-16-9-5-14(6-10-16)18(13-3-1-2-4-13)15-7-11-17(20)12-8-15;2*1-2/h5-13,18-20H,1-4H2;1-2H3;2H,1H3. The quantitative estimate of drug-likeness (QED) is 0.597. The van der Waals surface area contributed by atoms with Gasteiger partial charge in [0.15, 0.2) is 0 Å². The predicted molar refractivity (Wildman–Crippen MR) is 106 cm³/mol. The molecule has 2 N–H and O–H groups in total. The Kier molecular flexibility index (Phi) is 9.39. The second-order valence-electron chi connectivity index (χ2n) is 5.71. The van der Waals surface area contributed by atoms with Gasteiger partial charge in [0.25, 0.3) is 0 Å². The number of phenolic OH excluding ortho intramolecular Hbond substituents is 2. The van der Waals surface area contributed by atoms with Gasteiger partial charge in [0.1, 0.15) is 11.5 Å². The zero-order chi connectivity index (χ0) is 17.9. The van der Waals surface area contributed by atoms with Gasteiger partial charge in [-0.15, -0.1) is 0 Å². The van der Waals surface area contributed by atoms with Gasteiger partial charge in [-0.25, -0.2) is 0 Å². The average molecular weight is 347 g/mol. The zero-order valence-corrected chi connectivity index (χ0v) is 15.8. The molecule has 0 aliphatic heterocycles. The fourth-order valence-electron chi connectivity index (χ4n) is 3.39. The van der Waals surface area contributed by atoms with E-state index in [9.17, 15) is 10.2 Å². The first kappa shape index (κ1) is 20.4. The maximum absolute atomic E-state index is 9.48. The molecule has 2 aromatic rings. The van der Waals surface area contributed by atoms with Gasteiger partial charge < -0.3 is 10.2 Å². The molecule has 1 fully saturated rings. The van der Waals surface area contributed by atoms with Crippen molar-refractivity contribution < 1.29 is 10.2 Å². The van der Waals surface area contributed by atoms with Crippen molar-refractivity contribution in [3.8, 4) is 11.5 Å². The third kappa shape index (κ3) is 5.48. The van der Waals surface area contributed by atoms with Crippen molar-refractivity contribution in [3.63, 3.8) is 0 Å². The van der Waals surface area contributed by atoms with Crippen molar-refractivity contribution in [3.05, 3.63) is 59.7 Å².